The Balaban J connectivity index is 2.36. The predicted molar refractivity (Wildman–Crippen MR) is 154 cm³/mol. The van der Waals surface area contributed by atoms with Crippen LogP contribution in [0, 0.1) is 5.92 Å². The van der Waals surface area contributed by atoms with Gasteiger partial charge in [0.25, 0.3) is 6.45 Å². The summed E-state index contributed by atoms with van der Waals surface area (Å²) in [6.07, 6.45) is -2.74. The first-order chi connectivity index (χ1) is 20.6. The minimum absolute atomic E-state index is 0.00519. The van der Waals surface area contributed by atoms with Crippen LogP contribution in [0.25, 0.3) is 0 Å². The highest BCUT2D eigenvalue weighted by molar-refractivity contribution is 7.88. The maximum atomic E-state index is 12.8. The smallest absolute Gasteiger partial charge is 0.422 e. The topological polar surface area (TPSA) is 217 Å². The molecule has 0 bridgehead atoms. The van der Waals surface area contributed by atoms with Crippen molar-refractivity contribution in [2.45, 2.75) is 59.4 Å². The fraction of sp³-hybridized carbons (Fsp3) is 0.577. The molecule has 0 heterocycles. The number of anilines is 1. The molecule has 16 nitrogen and oxygen atoms in total. The van der Waals surface area contributed by atoms with Gasteiger partial charge in [0, 0.05) is 12.2 Å². The van der Waals surface area contributed by atoms with Gasteiger partial charge in [-0.1, -0.05) is 26.0 Å². The minimum Gasteiger partial charge on any atom is -0.463 e. The molecule has 0 spiro atoms. The highest BCUT2D eigenvalue weighted by Crippen LogP contribution is 2.11. The van der Waals surface area contributed by atoms with Gasteiger partial charge in [-0.15, -0.1) is 0 Å². The normalized spacial score (nSPS) is 13.0. The van der Waals surface area contributed by atoms with Crippen LogP contribution in [-0.4, -0.2) is 89.8 Å². The molecule has 0 aliphatic rings. The maximum absolute atomic E-state index is 12.8. The van der Waals surface area contributed by atoms with Gasteiger partial charge in [-0.3, -0.25) is 19.2 Å². The van der Waals surface area contributed by atoms with Crippen molar-refractivity contribution in [3.63, 3.8) is 0 Å². The van der Waals surface area contributed by atoms with E-state index in [-0.39, 0.29) is 45.5 Å². The highest BCUT2D eigenvalue weighted by Gasteiger charge is 2.27. The van der Waals surface area contributed by atoms with E-state index < -0.39 is 58.7 Å². The largest absolute Gasteiger partial charge is 0.463 e. The quantitative estimate of drug-likeness (QED) is 0.101. The molecule has 4 amide bonds. The molecule has 0 unspecified atom stereocenters. The van der Waals surface area contributed by atoms with Gasteiger partial charge < -0.3 is 34.9 Å². The number of carbonyl (C=O) groups is 5. The second kappa shape index (κ2) is 19.4. The van der Waals surface area contributed by atoms with Crippen molar-refractivity contribution < 1.29 is 52.7 Å². The lowest BCUT2D eigenvalue weighted by atomic mass is 10.0. The van der Waals surface area contributed by atoms with Crippen LogP contribution in [0.1, 0.15) is 41.6 Å². The van der Waals surface area contributed by atoms with Crippen molar-refractivity contribution >= 4 is 46.2 Å². The van der Waals surface area contributed by atoms with Crippen molar-refractivity contribution in [1.29, 1.82) is 0 Å². The van der Waals surface area contributed by atoms with E-state index in [1.54, 1.807) is 56.7 Å². The van der Waals surface area contributed by atoms with Gasteiger partial charge in [0.05, 0.1) is 25.9 Å². The van der Waals surface area contributed by atoms with Crippen molar-refractivity contribution in [3.8, 4) is 0 Å². The summed E-state index contributed by atoms with van der Waals surface area (Å²) in [6, 6.07) is 4.49. The van der Waals surface area contributed by atoms with Crippen LogP contribution in [0.5, 0.6) is 0 Å². The van der Waals surface area contributed by atoms with E-state index in [0.717, 1.165) is 0 Å². The average Bonchev–Trinajstić information content (AvgIpc) is 2.91. The molecule has 5 N–H and O–H groups in total. The molecule has 43 heavy (non-hydrogen) atoms. The number of carbonyl (C=O) groups excluding carboxylic acids is 5. The maximum Gasteiger partial charge on any atom is 0.422 e. The summed E-state index contributed by atoms with van der Waals surface area (Å²) in [5, 5.41) is 7.79. The van der Waals surface area contributed by atoms with E-state index in [2.05, 4.69) is 30.1 Å². The number of hydrogen-bond acceptors (Lipinski definition) is 11. The molecule has 0 fully saturated rings. The predicted octanol–water partition coefficient (Wildman–Crippen LogP) is -0.0542. The number of rotatable bonds is 19. The van der Waals surface area contributed by atoms with Crippen molar-refractivity contribution in [2.24, 2.45) is 5.92 Å². The third-order valence-electron chi connectivity index (χ3n) is 5.24. The van der Waals surface area contributed by atoms with Gasteiger partial charge in [-0.25, -0.2) is 9.52 Å². The first-order valence-electron chi connectivity index (χ1n) is 13.9. The van der Waals surface area contributed by atoms with Crippen molar-refractivity contribution in [3.05, 3.63) is 29.8 Å². The standard InChI is InChI=1S/C26H41N5O11S/c1-17(2)23(25(35)28-19(5)24(34)29-21-8-6-20(7-9-21)14-41-16-32)30-22(33)15-40-13-12-39-11-10-27-43(37,38)31-26(36)42-18(3)4/h6-9,16-19,23,27H,10-15H2,1-5H3,(H,28,35)(H,29,34)(H,30,33)(H,31,36)/t19-,23-/m0/s1/i16D. The SMILES string of the molecule is [2H]C(=O)OCc1ccc(NC(=O)[C@H](C)NC(=O)[C@@H](NC(=O)COCCOCCNS(=O)(=O)NC(=O)OC(C)C)C(C)C)cc1. The van der Waals surface area contributed by atoms with E-state index in [9.17, 15) is 32.4 Å². The van der Waals surface area contributed by atoms with Gasteiger partial charge in [0.1, 0.15) is 25.3 Å². The van der Waals surface area contributed by atoms with Crippen LogP contribution in [0.4, 0.5) is 10.5 Å². The van der Waals surface area contributed by atoms with Gasteiger partial charge >= 0.3 is 16.3 Å². The summed E-state index contributed by atoms with van der Waals surface area (Å²) in [7, 11) is -4.10. The summed E-state index contributed by atoms with van der Waals surface area (Å²) < 4.78 is 53.7. The van der Waals surface area contributed by atoms with Crippen LogP contribution in [0.2, 0.25) is 0 Å². The van der Waals surface area contributed by atoms with Crippen LogP contribution >= 0.6 is 0 Å². The Hall–Kier alpha value is -3.80. The van der Waals surface area contributed by atoms with Crippen LogP contribution in [-0.2, 0) is 54.9 Å². The van der Waals surface area contributed by atoms with Crippen molar-refractivity contribution in [1.82, 2.24) is 20.1 Å². The number of benzene rings is 1. The third kappa shape index (κ3) is 16.4. The number of nitrogens with one attached hydrogen (secondary N) is 5. The van der Waals surface area contributed by atoms with E-state index >= 15 is 0 Å². The Morgan fingerprint density at radius 3 is 2.19 bits per heavy atom. The lowest BCUT2D eigenvalue weighted by Crippen LogP contribution is -2.54. The second-order valence-corrected chi connectivity index (χ2v) is 11.2. The Labute approximate surface area is 252 Å². The molecule has 0 aliphatic carbocycles. The first-order valence-corrected chi connectivity index (χ1v) is 14.8. The first kappa shape index (κ1) is 35.4. The summed E-state index contributed by atoms with van der Waals surface area (Å²) in [5.41, 5.74) is 1.06. The lowest BCUT2D eigenvalue weighted by Gasteiger charge is -2.24. The molecule has 242 valence electrons. The highest BCUT2D eigenvalue weighted by atomic mass is 32.2. The monoisotopic (exact) mass is 632 g/mol. The molecule has 0 aromatic heterocycles. The molecular weight excluding hydrogens is 590 g/mol. The fourth-order valence-corrected chi connectivity index (χ4v) is 3.88. The minimum atomic E-state index is -4.10. The number of amides is 4. The van der Waals surface area contributed by atoms with E-state index in [1.807, 2.05) is 0 Å². The second-order valence-electron chi connectivity index (χ2n) is 9.70. The van der Waals surface area contributed by atoms with Crippen molar-refractivity contribution in [2.75, 3.05) is 38.3 Å². The number of ether oxygens (including phenoxy) is 4. The van der Waals surface area contributed by atoms with Gasteiger partial charge in [0.15, 0.2) is 1.37 Å². The Morgan fingerprint density at radius 1 is 0.930 bits per heavy atom. The number of hydrogen-bond donors (Lipinski definition) is 5. The third-order valence-corrected chi connectivity index (χ3v) is 6.26. The summed E-state index contributed by atoms with van der Waals surface area (Å²) in [5.74, 6) is -1.95. The van der Waals surface area contributed by atoms with Crippen LogP contribution in [0.3, 0.4) is 0 Å². The summed E-state index contributed by atoms with van der Waals surface area (Å²) >= 11 is 0. The molecule has 0 aliphatic heterocycles. The molecule has 1 rings (SSSR count). The zero-order valence-electron chi connectivity index (χ0n) is 25.8. The zero-order valence-corrected chi connectivity index (χ0v) is 25.6. The zero-order chi connectivity index (χ0) is 33.3. The van der Waals surface area contributed by atoms with Crippen LogP contribution < -0.4 is 25.4 Å². The van der Waals surface area contributed by atoms with Gasteiger partial charge in [-0.05, 0) is 44.4 Å². The van der Waals surface area contributed by atoms with Gasteiger partial charge in [-0.2, -0.15) is 13.1 Å². The molecule has 0 radical (unpaired) electrons. The molecule has 0 saturated carbocycles. The van der Waals surface area contributed by atoms with E-state index in [0.29, 0.717) is 11.3 Å². The van der Waals surface area contributed by atoms with E-state index in [4.69, 9.17) is 10.8 Å². The Bertz CT molecular complexity index is 1210. The summed E-state index contributed by atoms with van der Waals surface area (Å²) in [6.45, 7) is 7.50. The van der Waals surface area contributed by atoms with Gasteiger partial charge in [0.2, 0.25) is 17.7 Å². The molecule has 17 heteroatoms. The molecule has 2 atom stereocenters. The molecule has 0 saturated heterocycles. The molecule has 1 aromatic rings. The summed E-state index contributed by atoms with van der Waals surface area (Å²) in [4.78, 5) is 59.7. The molecular formula is C26H41N5O11S. The fourth-order valence-electron chi connectivity index (χ4n) is 3.18. The average molecular weight is 633 g/mol. The lowest BCUT2D eigenvalue weighted by molar-refractivity contribution is -0.133. The molecule has 1 aromatic carbocycles. The van der Waals surface area contributed by atoms with Crippen LogP contribution in [0.15, 0.2) is 24.3 Å². The van der Waals surface area contributed by atoms with E-state index in [1.165, 1.54) is 6.92 Å². The Kier molecular flexibility index (Phi) is 16.0. The Morgan fingerprint density at radius 2 is 1.58 bits per heavy atom.